The van der Waals surface area contributed by atoms with Crippen molar-refractivity contribution in [2.45, 2.75) is 33.2 Å². The van der Waals surface area contributed by atoms with Gasteiger partial charge in [0.15, 0.2) is 5.82 Å². The maximum atomic E-state index is 12.1. The Morgan fingerprint density at radius 2 is 1.93 bits per heavy atom. The molecule has 0 fully saturated rings. The average Bonchev–Trinajstić information content (AvgIpc) is 3.18. The minimum absolute atomic E-state index is 0.0419. The van der Waals surface area contributed by atoms with Gasteiger partial charge in [0.2, 0.25) is 5.91 Å². The number of benzene rings is 2. The van der Waals surface area contributed by atoms with E-state index in [-0.39, 0.29) is 5.91 Å². The molecule has 0 aliphatic carbocycles. The molecule has 1 aromatic heterocycles. The molecule has 3 rings (SSSR count). The van der Waals surface area contributed by atoms with Crippen LogP contribution < -0.4 is 15.8 Å². The van der Waals surface area contributed by atoms with Crippen LogP contribution in [0, 0.1) is 13.8 Å². The van der Waals surface area contributed by atoms with Crippen LogP contribution in [-0.4, -0.2) is 27.7 Å². The van der Waals surface area contributed by atoms with Crippen LogP contribution in [-0.2, 0) is 11.3 Å². The first-order valence-corrected chi connectivity index (χ1v) is 9.27. The Kier molecular flexibility index (Phi) is 6.39. The number of nitrogens with two attached hydrogens (primary N) is 1. The molecule has 28 heavy (non-hydrogen) atoms. The van der Waals surface area contributed by atoms with E-state index in [0.29, 0.717) is 37.6 Å². The fourth-order valence-electron chi connectivity index (χ4n) is 2.67. The predicted molar refractivity (Wildman–Crippen MR) is 109 cm³/mol. The summed E-state index contributed by atoms with van der Waals surface area (Å²) in [4.78, 5) is 16.4. The molecular formula is C21H25N5O2. The van der Waals surface area contributed by atoms with Crippen molar-refractivity contribution in [3.05, 3.63) is 59.4 Å². The van der Waals surface area contributed by atoms with Crippen molar-refractivity contribution in [3.63, 3.8) is 0 Å². The lowest BCUT2D eigenvalue weighted by atomic mass is 10.1. The largest absolute Gasteiger partial charge is 0.494 e. The molecule has 2 aromatic carbocycles. The summed E-state index contributed by atoms with van der Waals surface area (Å²) in [5.74, 6) is 2.01. The molecule has 3 aromatic rings. The molecule has 0 radical (unpaired) electrons. The van der Waals surface area contributed by atoms with Crippen molar-refractivity contribution >= 4 is 11.6 Å². The van der Waals surface area contributed by atoms with E-state index in [2.05, 4.69) is 34.3 Å². The van der Waals surface area contributed by atoms with Gasteiger partial charge in [0.25, 0.3) is 0 Å². The number of hydrogen-bond acceptors (Lipinski definition) is 5. The number of anilines is 1. The average molecular weight is 379 g/mol. The SMILES string of the molecule is Cc1ccc(OCCCC(=O)Nc2ccc(-c3n[nH]c(CN)n3)cc2)cc1C. The Morgan fingerprint density at radius 1 is 1.14 bits per heavy atom. The normalized spacial score (nSPS) is 10.7. The van der Waals surface area contributed by atoms with Crippen molar-refractivity contribution in [1.82, 2.24) is 15.2 Å². The number of aromatic amines is 1. The van der Waals surface area contributed by atoms with E-state index in [1.54, 1.807) is 0 Å². The van der Waals surface area contributed by atoms with Gasteiger partial charge in [-0.25, -0.2) is 4.98 Å². The molecule has 1 amide bonds. The highest BCUT2D eigenvalue weighted by molar-refractivity contribution is 5.90. The summed E-state index contributed by atoms with van der Waals surface area (Å²) < 4.78 is 5.71. The summed E-state index contributed by atoms with van der Waals surface area (Å²) in [5.41, 5.74) is 9.55. The number of rotatable bonds is 8. The van der Waals surface area contributed by atoms with E-state index < -0.39 is 0 Å². The second kappa shape index (κ2) is 9.14. The third-order valence-electron chi connectivity index (χ3n) is 4.45. The van der Waals surface area contributed by atoms with Crippen LogP contribution in [0.1, 0.15) is 29.8 Å². The molecule has 7 heteroatoms. The third kappa shape index (κ3) is 5.17. The monoisotopic (exact) mass is 379 g/mol. The van der Waals surface area contributed by atoms with E-state index in [1.807, 2.05) is 42.5 Å². The first-order valence-electron chi connectivity index (χ1n) is 9.27. The van der Waals surface area contributed by atoms with E-state index >= 15 is 0 Å². The number of H-pyrrole nitrogens is 1. The Bertz CT molecular complexity index is 934. The van der Waals surface area contributed by atoms with E-state index in [9.17, 15) is 4.79 Å². The molecule has 7 nitrogen and oxygen atoms in total. The van der Waals surface area contributed by atoms with Crippen LogP contribution in [0.2, 0.25) is 0 Å². The number of aryl methyl sites for hydroxylation is 2. The maximum Gasteiger partial charge on any atom is 0.224 e. The summed E-state index contributed by atoms with van der Waals surface area (Å²) in [6, 6.07) is 13.4. The van der Waals surface area contributed by atoms with Crippen molar-refractivity contribution < 1.29 is 9.53 Å². The number of ether oxygens (including phenoxy) is 1. The van der Waals surface area contributed by atoms with Crippen molar-refractivity contribution in [2.24, 2.45) is 5.73 Å². The number of carbonyl (C=O) groups is 1. The van der Waals surface area contributed by atoms with Gasteiger partial charge in [-0.15, -0.1) is 0 Å². The maximum absolute atomic E-state index is 12.1. The van der Waals surface area contributed by atoms with Gasteiger partial charge in [-0.2, -0.15) is 5.10 Å². The van der Waals surface area contributed by atoms with E-state index in [4.69, 9.17) is 10.5 Å². The minimum atomic E-state index is -0.0419. The van der Waals surface area contributed by atoms with Gasteiger partial charge >= 0.3 is 0 Å². The number of nitrogens with zero attached hydrogens (tertiary/aromatic N) is 2. The molecule has 0 unspecified atom stereocenters. The van der Waals surface area contributed by atoms with Crippen molar-refractivity contribution in [3.8, 4) is 17.1 Å². The summed E-state index contributed by atoms with van der Waals surface area (Å²) in [6.07, 6.45) is 1.04. The van der Waals surface area contributed by atoms with Gasteiger partial charge in [0.05, 0.1) is 13.2 Å². The minimum Gasteiger partial charge on any atom is -0.494 e. The first-order chi connectivity index (χ1) is 13.5. The number of hydrogen-bond donors (Lipinski definition) is 3. The Hall–Kier alpha value is -3.19. The van der Waals surface area contributed by atoms with Gasteiger partial charge in [-0.1, -0.05) is 6.07 Å². The van der Waals surface area contributed by atoms with E-state index in [0.717, 1.165) is 17.0 Å². The fraction of sp³-hybridized carbons (Fsp3) is 0.286. The van der Waals surface area contributed by atoms with Crippen LogP contribution in [0.25, 0.3) is 11.4 Å². The molecule has 0 spiro atoms. The van der Waals surface area contributed by atoms with Crippen LogP contribution in [0.3, 0.4) is 0 Å². The third-order valence-corrected chi connectivity index (χ3v) is 4.45. The van der Waals surface area contributed by atoms with Gasteiger partial charge in [0, 0.05) is 17.7 Å². The summed E-state index contributed by atoms with van der Waals surface area (Å²) in [7, 11) is 0. The first kappa shape index (κ1) is 19.6. The lowest BCUT2D eigenvalue weighted by Crippen LogP contribution is -2.12. The Labute approximate surface area is 164 Å². The number of carbonyl (C=O) groups excluding carboxylic acids is 1. The van der Waals surface area contributed by atoms with E-state index in [1.165, 1.54) is 11.1 Å². The quantitative estimate of drug-likeness (QED) is 0.521. The Balaban J connectivity index is 1.43. The zero-order valence-corrected chi connectivity index (χ0v) is 16.2. The van der Waals surface area contributed by atoms with Crippen LogP contribution in [0.5, 0.6) is 5.75 Å². The van der Waals surface area contributed by atoms with Gasteiger partial charge in [-0.3, -0.25) is 9.89 Å². The topological polar surface area (TPSA) is 106 Å². The Morgan fingerprint density at radius 3 is 2.61 bits per heavy atom. The highest BCUT2D eigenvalue weighted by Gasteiger charge is 2.07. The number of amides is 1. The smallest absolute Gasteiger partial charge is 0.224 e. The van der Waals surface area contributed by atoms with Crippen LogP contribution >= 0.6 is 0 Å². The summed E-state index contributed by atoms with van der Waals surface area (Å²) >= 11 is 0. The van der Waals surface area contributed by atoms with Crippen molar-refractivity contribution in [2.75, 3.05) is 11.9 Å². The zero-order chi connectivity index (χ0) is 19.9. The molecule has 0 bridgehead atoms. The second-order valence-corrected chi connectivity index (χ2v) is 6.63. The zero-order valence-electron chi connectivity index (χ0n) is 16.2. The summed E-state index contributed by atoms with van der Waals surface area (Å²) in [5, 5.41) is 9.78. The van der Waals surface area contributed by atoms with Gasteiger partial charge in [0.1, 0.15) is 11.6 Å². The molecule has 0 atom stereocenters. The molecule has 0 saturated carbocycles. The van der Waals surface area contributed by atoms with Crippen LogP contribution in [0.4, 0.5) is 5.69 Å². The predicted octanol–water partition coefficient (Wildman–Crippen LogP) is 3.34. The molecule has 0 aliphatic rings. The lowest BCUT2D eigenvalue weighted by Gasteiger charge is -2.09. The molecule has 0 saturated heterocycles. The highest BCUT2D eigenvalue weighted by atomic mass is 16.5. The summed E-state index contributed by atoms with van der Waals surface area (Å²) in [6.45, 7) is 4.94. The molecular weight excluding hydrogens is 354 g/mol. The van der Waals surface area contributed by atoms with Gasteiger partial charge < -0.3 is 15.8 Å². The molecule has 146 valence electrons. The standard InChI is InChI=1S/C21H25N5O2/c1-14-5-10-18(12-15(14)2)28-11-3-4-20(27)23-17-8-6-16(7-9-17)21-24-19(13-22)25-26-21/h5-10,12H,3-4,11,13,22H2,1-2H3,(H,23,27)(H,24,25,26). The van der Waals surface area contributed by atoms with Crippen molar-refractivity contribution in [1.29, 1.82) is 0 Å². The lowest BCUT2D eigenvalue weighted by molar-refractivity contribution is -0.116. The van der Waals surface area contributed by atoms with Crippen LogP contribution in [0.15, 0.2) is 42.5 Å². The highest BCUT2D eigenvalue weighted by Crippen LogP contribution is 2.19. The second-order valence-electron chi connectivity index (χ2n) is 6.63. The fourth-order valence-corrected chi connectivity index (χ4v) is 2.67. The van der Waals surface area contributed by atoms with Gasteiger partial charge in [-0.05, 0) is 67.8 Å². The molecule has 1 heterocycles. The number of aromatic nitrogens is 3. The molecule has 4 N–H and O–H groups in total. The molecule has 0 aliphatic heterocycles. The number of nitrogens with one attached hydrogen (secondary N) is 2.